The molecule has 9 heteroatoms. The number of carboxylic acids is 1. The van der Waals surface area contributed by atoms with Crippen LogP contribution >= 0.6 is 11.3 Å². The molecule has 0 spiro atoms. The van der Waals surface area contributed by atoms with Crippen molar-refractivity contribution in [3.8, 4) is 0 Å². The van der Waals surface area contributed by atoms with Gasteiger partial charge in [-0.1, -0.05) is 0 Å². The summed E-state index contributed by atoms with van der Waals surface area (Å²) >= 11 is 1.49. The topological polar surface area (TPSA) is 82.8 Å². The van der Waals surface area contributed by atoms with E-state index in [-0.39, 0.29) is 16.7 Å². The molecule has 0 radical (unpaired) electrons. The molecule has 0 aliphatic carbocycles. The van der Waals surface area contributed by atoms with Crippen LogP contribution in [0.3, 0.4) is 0 Å². The van der Waals surface area contributed by atoms with Gasteiger partial charge in [0.15, 0.2) is 5.78 Å². The number of benzene rings is 1. The normalized spacial score (nSPS) is 14.8. The van der Waals surface area contributed by atoms with Crippen molar-refractivity contribution in [1.29, 1.82) is 0 Å². The van der Waals surface area contributed by atoms with Gasteiger partial charge in [-0.25, -0.2) is 9.18 Å². The lowest BCUT2D eigenvalue weighted by molar-refractivity contribution is 0.0694. The number of anilines is 1. The van der Waals surface area contributed by atoms with Crippen molar-refractivity contribution in [2.24, 2.45) is 0 Å². The van der Waals surface area contributed by atoms with E-state index in [9.17, 15) is 23.9 Å². The zero-order valence-electron chi connectivity index (χ0n) is 17.0. The predicted octanol–water partition coefficient (Wildman–Crippen LogP) is 2.93. The highest BCUT2D eigenvalue weighted by atomic mass is 32.1. The standard InChI is InChI=1S/C22H22FN3O4S/c1-2-25-11-16(22(29)30)21(28)15-9-17(23)19(10-18(15)25)26-6-4-24(5-7-26)12-20(27)14-3-8-31-13-14/h3,8-11,13H,2,4-7,12H2,1H3,(H,29,30). The molecule has 7 nitrogen and oxygen atoms in total. The minimum atomic E-state index is -1.33. The number of halogens is 1. The molecule has 1 aromatic carbocycles. The minimum absolute atomic E-state index is 0.0583. The molecule has 0 bridgehead atoms. The molecule has 1 saturated heterocycles. The Labute approximate surface area is 181 Å². The van der Waals surface area contributed by atoms with E-state index in [4.69, 9.17) is 0 Å². The van der Waals surface area contributed by atoms with Crippen molar-refractivity contribution in [2.75, 3.05) is 37.6 Å². The molecule has 0 unspecified atom stereocenters. The molecular weight excluding hydrogens is 421 g/mol. The Hall–Kier alpha value is -3.04. The van der Waals surface area contributed by atoms with E-state index in [0.29, 0.717) is 56.0 Å². The Balaban J connectivity index is 1.57. The van der Waals surface area contributed by atoms with Gasteiger partial charge in [0.2, 0.25) is 5.43 Å². The number of Topliss-reactive ketones (excluding diaryl/α,β-unsaturated/α-hetero) is 1. The monoisotopic (exact) mass is 443 g/mol. The van der Waals surface area contributed by atoms with Gasteiger partial charge in [0.05, 0.1) is 17.7 Å². The SMILES string of the molecule is CCn1cc(C(=O)O)c(=O)c2cc(F)c(N3CCN(CC(=O)c4ccsc4)CC3)cc21. The summed E-state index contributed by atoms with van der Waals surface area (Å²) in [5, 5.41) is 13.1. The van der Waals surface area contributed by atoms with Gasteiger partial charge < -0.3 is 14.6 Å². The first-order valence-corrected chi connectivity index (χ1v) is 11.0. The van der Waals surface area contributed by atoms with Crippen LogP contribution in [0.25, 0.3) is 10.9 Å². The summed E-state index contributed by atoms with van der Waals surface area (Å²) in [6.07, 6.45) is 1.31. The number of hydrogen-bond acceptors (Lipinski definition) is 6. The molecule has 162 valence electrons. The van der Waals surface area contributed by atoms with Gasteiger partial charge >= 0.3 is 5.97 Å². The molecule has 3 heterocycles. The van der Waals surface area contributed by atoms with Crippen LogP contribution < -0.4 is 10.3 Å². The number of fused-ring (bicyclic) bond motifs is 1. The number of thiophene rings is 1. The van der Waals surface area contributed by atoms with Gasteiger partial charge in [0.25, 0.3) is 0 Å². The third-order valence-electron chi connectivity index (χ3n) is 5.64. The number of aromatic nitrogens is 1. The quantitative estimate of drug-likeness (QED) is 0.590. The summed E-state index contributed by atoms with van der Waals surface area (Å²) in [7, 11) is 0. The van der Waals surface area contributed by atoms with E-state index < -0.39 is 17.2 Å². The zero-order chi connectivity index (χ0) is 22.1. The lowest BCUT2D eigenvalue weighted by atomic mass is 10.1. The molecule has 0 amide bonds. The molecule has 31 heavy (non-hydrogen) atoms. The first-order chi connectivity index (χ1) is 14.9. The molecular formula is C22H22FN3O4S. The van der Waals surface area contributed by atoms with Crippen LogP contribution in [0, 0.1) is 5.82 Å². The average molecular weight is 444 g/mol. The fourth-order valence-corrected chi connectivity index (χ4v) is 4.58. The number of aromatic carboxylic acids is 1. The molecule has 2 aromatic heterocycles. The largest absolute Gasteiger partial charge is 0.477 e. The predicted molar refractivity (Wildman–Crippen MR) is 118 cm³/mol. The third kappa shape index (κ3) is 4.11. The fraction of sp³-hybridized carbons (Fsp3) is 0.318. The number of aryl methyl sites for hydroxylation is 1. The number of rotatable bonds is 6. The Bertz CT molecular complexity index is 1200. The summed E-state index contributed by atoms with van der Waals surface area (Å²) in [6.45, 7) is 4.93. The molecule has 1 fully saturated rings. The second-order valence-corrected chi connectivity index (χ2v) is 8.26. The Morgan fingerprint density at radius 1 is 1.19 bits per heavy atom. The van der Waals surface area contributed by atoms with Crippen molar-refractivity contribution in [3.05, 3.63) is 62.3 Å². The molecule has 0 saturated carbocycles. The summed E-state index contributed by atoms with van der Waals surface area (Å²) in [5.74, 6) is -1.81. The van der Waals surface area contributed by atoms with Crippen LogP contribution in [0.1, 0.15) is 27.6 Å². The Morgan fingerprint density at radius 3 is 2.55 bits per heavy atom. The van der Waals surface area contributed by atoms with E-state index in [1.165, 1.54) is 17.5 Å². The van der Waals surface area contributed by atoms with Crippen molar-refractivity contribution in [2.45, 2.75) is 13.5 Å². The summed E-state index contributed by atoms with van der Waals surface area (Å²) in [4.78, 5) is 40.2. The molecule has 1 N–H and O–H groups in total. The summed E-state index contributed by atoms with van der Waals surface area (Å²) in [5.41, 5.74) is 0.538. The number of pyridine rings is 1. The number of ketones is 1. The molecule has 3 aromatic rings. The lowest BCUT2D eigenvalue weighted by Gasteiger charge is -2.36. The number of nitrogens with zero attached hydrogens (tertiary/aromatic N) is 3. The summed E-state index contributed by atoms with van der Waals surface area (Å²) < 4.78 is 16.6. The Morgan fingerprint density at radius 2 is 1.94 bits per heavy atom. The van der Waals surface area contributed by atoms with Crippen LogP contribution in [0.5, 0.6) is 0 Å². The fourth-order valence-electron chi connectivity index (χ4n) is 3.92. The molecule has 0 atom stereocenters. The second kappa shape index (κ2) is 8.60. The van der Waals surface area contributed by atoms with Gasteiger partial charge in [-0.3, -0.25) is 14.5 Å². The minimum Gasteiger partial charge on any atom is -0.477 e. The van der Waals surface area contributed by atoms with Crippen molar-refractivity contribution < 1.29 is 19.1 Å². The van der Waals surface area contributed by atoms with Crippen molar-refractivity contribution >= 4 is 39.7 Å². The van der Waals surface area contributed by atoms with Crippen molar-refractivity contribution in [1.82, 2.24) is 9.47 Å². The number of carboxylic acid groups (broad SMARTS) is 1. The highest BCUT2D eigenvalue weighted by Crippen LogP contribution is 2.26. The highest BCUT2D eigenvalue weighted by molar-refractivity contribution is 7.08. The maximum atomic E-state index is 14.9. The maximum Gasteiger partial charge on any atom is 0.341 e. The first-order valence-electron chi connectivity index (χ1n) is 10.0. The molecule has 1 aliphatic rings. The average Bonchev–Trinajstić information content (AvgIpc) is 3.30. The lowest BCUT2D eigenvalue weighted by Crippen LogP contribution is -2.48. The third-order valence-corrected chi connectivity index (χ3v) is 6.33. The van der Waals surface area contributed by atoms with E-state index in [2.05, 4.69) is 4.90 Å². The van der Waals surface area contributed by atoms with Crippen LogP contribution in [-0.4, -0.2) is 59.0 Å². The zero-order valence-corrected chi connectivity index (χ0v) is 17.8. The first kappa shape index (κ1) is 21.2. The van der Waals surface area contributed by atoms with Gasteiger partial charge in [0.1, 0.15) is 11.4 Å². The smallest absolute Gasteiger partial charge is 0.341 e. The summed E-state index contributed by atoms with van der Waals surface area (Å²) in [6, 6.07) is 4.57. The van der Waals surface area contributed by atoms with Crippen LogP contribution in [0.15, 0.2) is 40.0 Å². The van der Waals surface area contributed by atoms with Gasteiger partial charge in [0, 0.05) is 55.3 Å². The van der Waals surface area contributed by atoms with Crippen LogP contribution in [0.2, 0.25) is 0 Å². The van der Waals surface area contributed by atoms with Gasteiger partial charge in [-0.2, -0.15) is 11.3 Å². The van der Waals surface area contributed by atoms with Crippen LogP contribution in [0.4, 0.5) is 10.1 Å². The van der Waals surface area contributed by atoms with E-state index in [1.807, 2.05) is 28.7 Å². The van der Waals surface area contributed by atoms with E-state index in [1.54, 1.807) is 10.6 Å². The number of hydrogen-bond donors (Lipinski definition) is 1. The van der Waals surface area contributed by atoms with Gasteiger partial charge in [-0.15, -0.1) is 0 Å². The number of carbonyl (C=O) groups is 2. The highest BCUT2D eigenvalue weighted by Gasteiger charge is 2.23. The van der Waals surface area contributed by atoms with E-state index in [0.717, 1.165) is 6.07 Å². The van der Waals surface area contributed by atoms with E-state index >= 15 is 0 Å². The van der Waals surface area contributed by atoms with Crippen molar-refractivity contribution in [3.63, 3.8) is 0 Å². The van der Waals surface area contributed by atoms with Crippen LogP contribution in [-0.2, 0) is 6.54 Å². The Kier molecular flexibility index (Phi) is 5.88. The molecule has 1 aliphatic heterocycles. The number of piperazine rings is 1. The number of carbonyl (C=O) groups excluding carboxylic acids is 1. The second-order valence-electron chi connectivity index (χ2n) is 7.48. The maximum absolute atomic E-state index is 14.9. The van der Waals surface area contributed by atoms with Gasteiger partial charge in [-0.05, 0) is 30.5 Å². The molecule has 4 rings (SSSR count).